The van der Waals surface area contributed by atoms with E-state index in [1.54, 1.807) is 0 Å². The Bertz CT molecular complexity index is 443. The SMILES string of the molecule is CC(C)(C)c1ccc(C(=O)C2=CCCC2)cc1. The molecule has 0 spiro atoms. The summed E-state index contributed by atoms with van der Waals surface area (Å²) in [6, 6.07) is 8.07. The van der Waals surface area contributed by atoms with Crippen molar-refractivity contribution in [3.63, 3.8) is 0 Å². The lowest BCUT2D eigenvalue weighted by molar-refractivity contribution is 0.103. The van der Waals surface area contributed by atoms with Gasteiger partial charge in [-0.15, -0.1) is 0 Å². The predicted molar refractivity (Wildman–Crippen MR) is 71.4 cm³/mol. The highest BCUT2D eigenvalue weighted by molar-refractivity contribution is 6.08. The molecule has 1 aromatic carbocycles. The fourth-order valence-electron chi connectivity index (χ4n) is 2.18. The third-order valence-corrected chi connectivity index (χ3v) is 3.35. The number of carbonyl (C=O) groups is 1. The van der Waals surface area contributed by atoms with Crippen LogP contribution < -0.4 is 0 Å². The molecule has 0 heterocycles. The Hall–Kier alpha value is -1.37. The van der Waals surface area contributed by atoms with Crippen molar-refractivity contribution in [1.29, 1.82) is 0 Å². The van der Waals surface area contributed by atoms with Crippen LogP contribution in [-0.2, 0) is 5.41 Å². The lowest BCUT2D eigenvalue weighted by atomic mass is 9.86. The molecule has 0 radical (unpaired) electrons. The van der Waals surface area contributed by atoms with Gasteiger partial charge >= 0.3 is 0 Å². The van der Waals surface area contributed by atoms with Gasteiger partial charge in [-0.1, -0.05) is 51.1 Å². The third kappa shape index (κ3) is 2.66. The van der Waals surface area contributed by atoms with E-state index in [1.807, 2.05) is 12.1 Å². The Morgan fingerprint density at radius 1 is 1.12 bits per heavy atom. The van der Waals surface area contributed by atoms with Gasteiger partial charge in [0.05, 0.1) is 0 Å². The van der Waals surface area contributed by atoms with E-state index in [9.17, 15) is 4.79 Å². The maximum Gasteiger partial charge on any atom is 0.188 e. The van der Waals surface area contributed by atoms with E-state index >= 15 is 0 Å². The fraction of sp³-hybridized carbons (Fsp3) is 0.438. The first-order valence-electron chi connectivity index (χ1n) is 6.33. The Labute approximate surface area is 104 Å². The molecule has 2 rings (SSSR count). The summed E-state index contributed by atoms with van der Waals surface area (Å²) in [5.74, 6) is 0.211. The van der Waals surface area contributed by atoms with Crippen molar-refractivity contribution in [2.75, 3.05) is 0 Å². The van der Waals surface area contributed by atoms with Crippen molar-refractivity contribution < 1.29 is 4.79 Å². The van der Waals surface area contributed by atoms with Gasteiger partial charge in [-0.3, -0.25) is 4.79 Å². The number of Topliss-reactive ketones (excluding diaryl/α,β-unsaturated/α-hetero) is 1. The highest BCUT2D eigenvalue weighted by atomic mass is 16.1. The summed E-state index contributed by atoms with van der Waals surface area (Å²) >= 11 is 0. The zero-order valence-corrected chi connectivity index (χ0v) is 10.9. The third-order valence-electron chi connectivity index (χ3n) is 3.35. The fourth-order valence-corrected chi connectivity index (χ4v) is 2.18. The molecule has 0 aromatic heterocycles. The molecule has 0 saturated carbocycles. The first kappa shape index (κ1) is 12.1. The maximum atomic E-state index is 12.1. The van der Waals surface area contributed by atoms with Crippen molar-refractivity contribution in [2.45, 2.75) is 45.4 Å². The smallest absolute Gasteiger partial charge is 0.188 e. The number of allylic oxidation sites excluding steroid dienone is 2. The van der Waals surface area contributed by atoms with Crippen LogP contribution in [0.4, 0.5) is 0 Å². The molecule has 0 saturated heterocycles. The first-order valence-corrected chi connectivity index (χ1v) is 6.33. The summed E-state index contributed by atoms with van der Waals surface area (Å²) in [4.78, 5) is 12.1. The second-order valence-corrected chi connectivity index (χ2v) is 5.78. The summed E-state index contributed by atoms with van der Waals surface area (Å²) in [5.41, 5.74) is 3.24. The van der Waals surface area contributed by atoms with Crippen molar-refractivity contribution in [1.82, 2.24) is 0 Å². The van der Waals surface area contributed by atoms with Gasteiger partial charge in [-0.2, -0.15) is 0 Å². The number of ketones is 1. The molecule has 90 valence electrons. The lowest BCUT2D eigenvalue weighted by Gasteiger charge is -2.19. The molecule has 0 fully saturated rings. The minimum absolute atomic E-state index is 0.147. The normalized spacial score (nSPS) is 15.8. The monoisotopic (exact) mass is 228 g/mol. The first-order chi connectivity index (χ1) is 7.98. The minimum atomic E-state index is 0.147. The largest absolute Gasteiger partial charge is 0.289 e. The van der Waals surface area contributed by atoms with Gasteiger partial charge in [0.25, 0.3) is 0 Å². The van der Waals surface area contributed by atoms with E-state index in [4.69, 9.17) is 0 Å². The van der Waals surface area contributed by atoms with Gasteiger partial charge in [0.1, 0.15) is 0 Å². The lowest BCUT2D eigenvalue weighted by Crippen LogP contribution is -2.11. The van der Waals surface area contributed by atoms with E-state index < -0.39 is 0 Å². The molecular formula is C16H20O. The highest BCUT2D eigenvalue weighted by Crippen LogP contribution is 2.25. The van der Waals surface area contributed by atoms with Crippen LogP contribution >= 0.6 is 0 Å². The molecule has 17 heavy (non-hydrogen) atoms. The average molecular weight is 228 g/mol. The second-order valence-electron chi connectivity index (χ2n) is 5.78. The zero-order valence-electron chi connectivity index (χ0n) is 10.9. The predicted octanol–water partition coefficient (Wildman–Crippen LogP) is 4.28. The van der Waals surface area contributed by atoms with Crippen molar-refractivity contribution in [3.8, 4) is 0 Å². The van der Waals surface area contributed by atoms with E-state index in [-0.39, 0.29) is 11.2 Å². The summed E-state index contributed by atoms with van der Waals surface area (Å²) in [5, 5.41) is 0. The molecule has 1 aliphatic carbocycles. The van der Waals surface area contributed by atoms with Crippen LogP contribution in [0.5, 0.6) is 0 Å². The van der Waals surface area contributed by atoms with Gasteiger partial charge in [-0.05, 0) is 35.8 Å². The summed E-state index contributed by atoms with van der Waals surface area (Å²) in [6.07, 6.45) is 5.21. The quantitative estimate of drug-likeness (QED) is 0.691. The van der Waals surface area contributed by atoms with Gasteiger partial charge in [-0.25, -0.2) is 0 Å². The van der Waals surface area contributed by atoms with Crippen molar-refractivity contribution in [2.24, 2.45) is 0 Å². The van der Waals surface area contributed by atoms with Crippen LogP contribution in [0.3, 0.4) is 0 Å². The molecule has 1 heteroatoms. The molecule has 0 amide bonds. The van der Waals surface area contributed by atoms with Gasteiger partial charge in [0, 0.05) is 5.56 Å². The minimum Gasteiger partial charge on any atom is -0.289 e. The van der Waals surface area contributed by atoms with Gasteiger partial charge in [0.15, 0.2) is 5.78 Å². The zero-order chi connectivity index (χ0) is 12.5. The van der Waals surface area contributed by atoms with Crippen LogP contribution in [0.15, 0.2) is 35.9 Å². The number of benzene rings is 1. The van der Waals surface area contributed by atoms with Crippen molar-refractivity contribution in [3.05, 3.63) is 47.0 Å². The van der Waals surface area contributed by atoms with Crippen LogP contribution in [0.1, 0.15) is 56.0 Å². The Balaban J connectivity index is 2.21. The molecule has 1 aromatic rings. The van der Waals surface area contributed by atoms with E-state index in [0.717, 1.165) is 30.4 Å². The number of carbonyl (C=O) groups excluding carboxylic acids is 1. The standard InChI is InChI=1S/C16H20O/c1-16(2,3)14-10-8-13(9-11-14)15(17)12-6-4-5-7-12/h6,8-11H,4-5,7H2,1-3H3. The maximum absolute atomic E-state index is 12.1. The number of hydrogen-bond donors (Lipinski definition) is 0. The Morgan fingerprint density at radius 3 is 2.24 bits per heavy atom. The number of hydrogen-bond acceptors (Lipinski definition) is 1. The molecule has 1 nitrogen and oxygen atoms in total. The average Bonchev–Trinajstić information content (AvgIpc) is 2.80. The van der Waals surface area contributed by atoms with Gasteiger partial charge < -0.3 is 0 Å². The van der Waals surface area contributed by atoms with E-state index in [2.05, 4.69) is 39.0 Å². The molecular weight excluding hydrogens is 208 g/mol. The van der Waals surface area contributed by atoms with Crippen LogP contribution in [-0.4, -0.2) is 5.78 Å². The molecule has 0 atom stereocenters. The van der Waals surface area contributed by atoms with Crippen LogP contribution in [0.2, 0.25) is 0 Å². The van der Waals surface area contributed by atoms with Crippen LogP contribution in [0.25, 0.3) is 0 Å². The molecule has 0 bridgehead atoms. The summed E-state index contributed by atoms with van der Waals surface area (Å²) in [7, 11) is 0. The summed E-state index contributed by atoms with van der Waals surface area (Å²) in [6.45, 7) is 6.55. The van der Waals surface area contributed by atoms with E-state index in [1.165, 1.54) is 5.56 Å². The number of rotatable bonds is 2. The van der Waals surface area contributed by atoms with Crippen molar-refractivity contribution >= 4 is 5.78 Å². The highest BCUT2D eigenvalue weighted by Gasteiger charge is 2.17. The van der Waals surface area contributed by atoms with Crippen LogP contribution in [0, 0.1) is 0 Å². The summed E-state index contributed by atoms with van der Waals surface area (Å²) < 4.78 is 0. The molecule has 1 aliphatic rings. The Morgan fingerprint density at radius 2 is 1.76 bits per heavy atom. The molecule has 0 aliphatic heterocycles. The van der Waals surface area contributed by atoms with E-state index in [0.29, 0.717) is 0 Å². The molecule has 0 unspecified atom stereocenters. The topological polar surface area (TPSA) is 17.1 Å². The molecule has 0 N–H and O–H groups in total. The van der Waals surface area contributed by atoms with Gasteiger partial charge in [0.2, 0.25) is 0 Å². The Kier molecular flexibility index (Phi) is 3.19. The second kappa shape index (κ2) is 4.48.